The van der Waals surface area contributed by atoms with Crippen LogP contribution >= 0.6 is 44.7 Å². The summed E-state index contributed by atoms with van der Waals surface area (Å²) < 4.78 is 2.27. The fourth-order valence-electron chi connectivity index (χ4n) is 1.86. The molecule has 3 aromatic rings. The molecule has 0 unspecified atom stereocenters. The van der Waals surface area contributed by atoms with Gasteiger partial charge in [0, 0.05) is 10.5 Å². The zero-order chi connectivity index (χ0) is 13.9. The summed E-state index contributed by atoms with van der Waals surface area (Å²) in [6, 6.07) is 19.1. The van der Waals surface area contributed by atoms with E-state index in [9.17, 15) is 0 Å². The lowest BCUT2D eigenvalue weighted by Gasteiger charge is -2.03. The molecule has 0 aliphatic rings. The van der Waals surface area contributed by atoms with Crippen LogP contribution < -0.4 is 0 Å². The first-order valence-corrected chi connectivity index (χ1v) is 9.54. The van der Waals surface area contributed by atoms with Gasteiger partial charge in [-0.05, 0) is 24.6 Å². The van der Waals surface area contributed by atoms with Crippen LogP contribution in [0.25, 0.3) is 11.1 Å². The topological polar surface area (TPSA) is 0 Å². The van der Waals surface area contributed by atoms with E-state index < -0.39 is 0 Å². The average Bonchev–Trinajstić information content (AvgIpc) is 2.83. The molecule has 1 aromatic heterocycles. The molecule has 0 aliphatic carbocycles. The number of hydrogen-bond donors (Lipinski definition) is 0. The predicted molar refractivity (Wildman–Crippen MR) is 93.8 cm³/mol. The van der Waals surface area contributed by atoms with Crippen molar-refractivity contribution in [2.75, 3.05) is 0 Å². The molecule has 0 radical (unpaired) electrons. The van der Waals surface area contributed by atoms with E-state index in [1.165, 1.54) is 25.8 Å². The van der Waals surface area contributed by atoms with Gasteiger partial charge in [0.2, 0.25) is 0 Å². The molecule has 0 fully saturated rings. The first kappa shape index (κ1) is 14.0. The molecular weight excluding hydrogens is 320 g/mol. The van der Waals surface area contributed by atoms with Gasteiger partial charge in [0.05, 0.1) is 4.21 Å². The molecule has 0 saturated carbocycles. The van der Waals surface area contributed by atoms with Gasteiger partial charge in [-0.3, -0.25) is 0 Å². The van der Waals surface area contributed by atoms with Gasteiger partial charge in [0.1, 0.15) is 3.82 Å². The Morgan fingerprint density at radius 3 is 2.30 bits per heavy atom. The molecular formula is C16H12S4. The summed E-state index contributed by atoms with van der Waals surface area (Å²) in [6.07, 6.45) is 0. The second-order valence-corrected chi connectivity index (χ2v) is 8.56. The minimum absolute atomic E-state index is 0.982. The van der Waals surface area contributed by atoms with Crippen molar-refractivity contribution in [2.45, 2.75) is 16.0 Å². The zero-order valence-corrected chi connectivity index (χ0v) is 14.1. The summed E-state index contributed by atoms with van der Waals surface area (Å²) in [6.45, 7) is 2.11. The highest BCUT2D eigenvalue weighted by Gasteiger charge is 2.11. The minimum Gasteiger partial charge on any atom is -0.0776 e. The maximum Gasteiger partial charge on any atom is 0.110 e. The van der Waals surface area contributed by atoms with Crippen LogP contribution in [0.15, 0.2) is 63.7 Å². The Labute approximate surface area is 135 Å². The van der Waals surface area contributed by atoms with E-state index in [1.807, 2.05) is 6.07 Å². The van der Waals surface area contributed by atoms with Crippen molar-refractivity contribution in [1.29, 1.82) is 0 Å². The van der Waals surface area contributed by atoms with Crippen LogP contribution in [0, 0.1) is 10.7 Å². The summed E-state index contributed by atoms with van der Waals surface area (Å²) in [5.74, 6) is 0. The quantitative estimate of drug-likeness (QED) is 0.388. The molecule has 4 heteroatoms. The van der Waals surface area contributed by atoms with E-state index in [-0.39, 0.29) is 0 Å². The number of benzene rings is 2. The summed E-state index contributed by atoms with van der Waals surface area (Å²) >= 11 is 7.31. The Hall–Kier alpha value is -0.940. The molecule has 0 N–H and O–H groups in total. The van der Waals surface area contributed by atoms with Crippen molar-refractivity contribution in [1.82, 2.24) is 0 Å². The Kier molecular flexibility index (Phi) is 4.36. The van der Waals surface area contributed by atoms with Crippen molar-refractivity contribution in [2.24, 2.45) is 0 Å². The highest BCUT2D eigenvalue weighted by molar-refractivity contribution is 8.03. The predicted octanol–water partition coefficient (Wildman–Crippen LogP) is 6.67. The van der Waals surface area contributed by atoms with E-state index in [2.05, 4.69) is 55.5 Å². The third-order valence-corrected chi connectivity index (χ3v) is 7.42. The van der Waals surface area contributed by atoms with Gasteiger partial charge in [-0.1, -0.05) is 92.7 Å². The van der Waals surface area contributed by atoms with E-state index in [1.54, 1.807) is 32.4 Å². The van der Waals surface area contributed by atoms with Crippen molar-refractivity contribution in [3.05, 3.63) is 64.0 Å². The van der Waals surface area contributed by atoms with Crippen molar-refractivity contribution in [3.8, 4) is 11.1 Å². The van der Waals surface area contributed by atoms with Crippen molar-refractivity contribution < 1.29 is 0 Å². The fourth-order valence-corrected chi connectivity index (χ4v) is 6.21. The van der Waals surface area contributed by atoms with Gasteiger partial charge in [-0.25, -0.2) is 0 Å². The Bertz CT molecular complexity index is 751. The van der Waals surface area contributed by atoms with Crippen LogP contribution in [0.1, 0.15) is 5.56 Å². The molecule has 3 rings (SSSR count). The van der Waals surface area contributed by atoms with E-state index in [4.69, 9.17) is 12.2 Å². The average molecular weight is 333 g/mol. The lowest BCUT2D eigenvalue weighted by molar-refractivity contribution is 1.38. The molecule has 0 nitrogen and oxygen atoms in total. The van der Waals surface area contributed by atoms with E-state index >= 15 is 0 Å². The molecule has 100 valence electrons. The molecule has 0 atom stereocenters. The fraction of sp³-hybridized carbons (Fsp3) is 0.0625. The molecule has 2 aromatic carbocycles. The monoisotopic (exact) mass is 332 g/mol. The van der Waals surface area contributed by atoms with E-state index in [0.717, 1.165) is 3.82 Å². The normalized spacial score (nSPS) is 10.7. The molecule has 20 heavy (non-hydrogen) atoms. The summed E-state index contributed by atoms with van der Waals surface area (Å²) in [5, 5.41) is 0. The number of aryl methyl sites for hydroxylation is 1. The first-order valence-electron chi connectivity index (χ1n) is 6.17. The molecule has 0 bridgehead atoms. The largest absolute Gasteiger partial charge is 0.110 e. The molecule has 1 heterocycles. The van der Waals surface area contributed by atoms with Gasteiger partial charge < -0.3 is 0 Å². The molecule has 0 saturated heterocycles. The van der Waals surface area contributed by atoms with Crippen LogP contribution in [-0.2, 0) is 0 Å². The molecule has 0 spiro atoms. The van der Waals surface area contributed by atoms with Gasteiger partial charge in [0.25, 0.3) is 0 Å². The highest BCUT2D eigenvalue weighted by Crippen LogP contribution is 2.43. The highest BCUT2D eigenvalue weighted by atomic mass is 32.9. The second kappa shape index (κ2) is 6.22. The smallest absolute Gasteiger partial charge is 0.0776 e. The minimum atomic E-state index is 0.982. The van der Waals surface area contributed by atoms with Crippen molar-refractivity contribution >= 4 is 44.7 Å². The van der Waals surface area contributed by atoms with Crippen LogP contribution in [-0.4, -0.2) is 0 Å². The first-order chi connectivity index (χ1) is 9.74. The van der Waals surface area contributed by atoms with Gasteiger partial charge in [-0.2, -0.15) is 0 Å². The summed E-state index contributed by atoms with van der Waals surface area (Å²) in [7, 11) is 3.45. The summed E-state index contributed by atoms with van der Waals surface area (Å²) in [5.41, 5.74) is 3.71. The number of hydrogen-bond acceptors (Lipinski definition) is 4. The van der Waals surface area contributed by atoms with Crippen LogP contribution in [0.5, 0.6) is 0 Å². The third kappa shape index (κ3) is 3.04. The number of rotatable bonds is 3. The standard InChI is InChI=1S/C16H12S4/c1-11-7-9-13(10-8-11)18-16-14(15(17)19-20-16)12-5-3-2-4-6-12/h2-10H,1H3. The third-order valence-electron chi connectivity index (χ3n) is 2.90. The molecule has 0 amide bonds. The summed E-state index contributed by atoms with van der Waals surface area (Å²) in [4.78, 5) is 1.26. The Morgan fingerprint density at radius 1 is 0.900 bits per heavy atom. The van der Waals surface area contributed by atoms with Crippen LogP contribution in [0.2, 0.25) is 0 Å². The van der Waals surface area contributed by atoms with Crippen molar-refractivity contribution in [3.63, 3.8) is 0 Å². The second-order valence-electron chi connectivity index (χ2n) is 4.40. The van der Waals surface area contributed by atoms with Gasteiger partial charge in [0.15, 0.2) is 0 Å². The maximum absolute atomic E-state index is 5.51. The van der Waals surface area contributed by atoms with Crippen LogP contribution in [0.4, 0.5) is 0 Å². The molecule has 0 aliphatic heterocycles. The Balaban J connectivity index is 1.99. The lowest BCUT2D eigenvalue weighted by atomic mass is 10.1. The van der Waals surface area contributed by atoms with Crippen LogP contribution in [0.3, 0.4) is 0 Å². The zero-order valence-electron chi connectivity index (χ0n) is 10.8. The SMILES string of the molecule is Cc1ccc(Sc2ssc(=S)c2-c2ccccc2)cc1. The maximum atomic E-state index is 5.51. The van der Waals surface area contributed by atoms with Gasteiger partial charge >= 0.3 is 0 Å². The van der Waals surface area contributed by atoms with Gasteiger partial charge in [-0.15, -0.1) is 0 Å². The lowest BCUT2D eigenvalue weighted by Crippen LogP contribution is -1.78. The Morgan fingerprint density at radius 2 is 1.60 bits per heavy atom. The van der Waals surface area contributed by atoms with E-state index in [0.29, 0.717) is 0 Å².